The van der Waals surface area contributed by atoms with Gasteiger partial charge in [-0.3, -0.25) is 0 Å². The van der Waals surface area contributed by atoms with Gasteiger partial charge in [0.2, 0.25) is 0 Å². The summed E-state index contributed by atoms with van der Waals surface area (Å²) in [7, 11) is 0. The van der Waals surface area contributed by atoms with Gasteiger partial charge in [-0.25, -0.2) is 0 Å². The van der Waals surface area contributed by atoms with Crippen LogP contribution < -0.4 is 0 Å². The second kappa shape index (κ2) is 8.15. The van der Waals surface area contributed by atoms with Crippen molar-refractivity contribution in [2.45, 2.75) is 65.7 Å². The van der Waals surface area contributed by atoms with Crippen LogP contribution in [0.25, 0.3) is 0 Å². The van der Waals surface area contributed by atoms with Crippen LogP contribution in [0.5, 0.6) is 0 Å². The zero-order valence-electron chi connectivity index (χ0n) is 9.40. The van der Waals surface area contributed by atoms with E-state index in [1.54, 1.807) is 0 Å². The molecule has 0 aromatic rings. The van der Waals surface area contributed by atoms with E-state index in [9.17, 15) is 5.11 Å². The van der Waals surface area contributed by atoms with Gasteiger partial charge in [-0.1, -0.05) is 39.5 Å². The maximum atomic E-state index is 9.63. The molecule has 0 aliphatic rings. The second-order valence-electron chi connectivity index (χ2n) is 3.79. The Labute approximate surface area is 82.9 Å². The zero-order chi connectivity index (χ0) is 10.1. The van der Waals surface area contributed by atoms with Gasteiger partial charge in [-0.15, -0.1) is 0 Å². The minimum Gasteiger partial charge on any atom is -0.512 e. The summed E-state index contributed by atoms with van der Waals surface area (Å²) in [6.07, 6.45) is 8.00. The van der Waals surface area contributed by atoms with E-state index in [0.29, 0.717) is 5.76 Å². The average molecular weight is 184 g/mol. The highest BCUT2D eigenvalue weighted by Gasteiger charge is 1.99. The molecule has 0 fully saturated rings. The van der Waals surface area contributed by atoms with Crippen molar-refractivity contribution in [1.29, 1.82) is 0 Å². The van der Waals surface area contributed by atoms with Crippen LogP contribution in [0.2, 0.25) is 0 Å². The summed E-state index contributed by atoms with van der Waals surface area (Å²) in [6.45, 7) is 6.39. The van der Waals surface area contributed by atoms with Gasteiger partial charge in [-0.2, -0.15) is 0 Å². The van der Waals surface area contributed by atoms with Crippen LogP contribution in [-0.4, -0.2) is 5.11 Å². The molecule has 0 rings (SSSR count). The fourth-order valence-electron chi connectivity index (χ4n) is 1.45. The normalized spacial score (nSPS) is 12.8. The van der Waals surface area contributed by atoms with E-state index in [0.717, 1.165) is 25.7 Å². The lowest BCUT2D eigenvalue weighted by Crippen LogP contribution is -1.88. The minimum absolute atomic E-state index is 0.637. The van der Waals surface area contributed by atoms with Gasteiger partial charge in [0.1, 0.15) is 0 Å². The lowest BCUT2D eigenvalue weighted by Gasteiger charge is -2.04. The van der Waals surface area contributed by atoms with Crippen molar-refractivity contribution in [2.24, 2.45) is 0 Å². The van der Waals surface area contributed by atoms with Crippen molar-refractivity contribution < 1.29 is 5.11 Å². The highest BCUT2D eigenvalue weighted by atomic mass is 16.3. The zero-order valence-corrected chi connectivity index (χ0v) is 9.40. The monoisotopic (exact) mass is 184 g/mol. The van der Waals surface area contributed by atoms with E-state index in [4.69, 9.17) is 0 Å². The molecule has 0 aliphatic carbocycles. The molecule has 78 valence electrons. The van der Waals surface area contributed by atoms with E-state index in [2.05, 4.69) is 13.8 Å². The van der Waals surface area contributed by atoms with Gasteiger partial charge in [0.05, 0.1) is 5.76 Å². The average Bonchev–Trinajstić information content (AvgIpc) is 2.12. The molecule has 0 radical (unpaired) electrons. The molecule has 0 spiro atoms. The fourth-order valence-corrected chi connectivity index (χ4v) is 1.45. The van der Waals surface area contributed by atoms with Gasteiger partial charge < -0.3 is 5.11 Å². The standard InChI is InChI=1S/C12H24O/c1-4-6-7-8-10-12(13)11(3)9-5-2/h13H,4-10H2,1-3H3/b12-11-. The molecule has 0 heterocycles. The summed E-state index contributed by atoms with van der Waals surface area (Å²) < 4.78 is 0. The molecule has 0 aromatic heterocycles. The van der Waals surface area contributed by atoms with E-state index < -0.39 is 0 Å². The molecule has 0 saturated carbocycles. The Hall–Kier alpha value is -0.460. The van der Waals surface area contributed by atoms with Gasteiger partial charge in [-0.05, 0) is 25.3 Å². The summed E-state index contributed by atoms with van der Waals surface area (Å²) in [5.41, 5.74) is 1.18. The maximum absolute atomic E-state index is 9.63. The quantitative estimate of drug-likeness (QED) is 0.453. The smallest absolute Gasteiger partial charge is 0.0911 e. The predicted molar refractivity (Wildman–Crippen MR) is 59.0 cm³/mol. The topological polar surface area (TPSA) is 20.2 Å². The van der Waals surface area contributed by atoms with Crippen molar-refractivity contribution in [3.8, 4) is 0 Å². The van der Waals surface area contributed by atoms with Gasteiger partial charge >= 0.3 is 0 Å². The maximum Gasteiger partial charge on any atom is 0.0911 e. The number of unbranched alkanes of at least 4 members (excludes halogenated alkanes) is 3. The molecule has 0 saturated heterocycles. The Bertz CT molecular complexity index is 147. The molecule has 0 aliphatic heterocycles. The SMILES string of the molecule is CCCCCC/C(O)=C(\C)CCC. The number of aliphatic hydroxyl groups excluding tert-OH is 1. The molecule has 13 heavy (non-hydrogen) atoms. The molecular weight excluding hydrogens is 160 g/mol. The summed E-state index contributed by atoms with van der Waals surface area (Å²) in [6, 6.07) is 0. The Morgan fingerprint density at radius 3 is 2.15 bits per heavy atom. The first kappa shape index (κ1) is 12.5. The third-order valence-corrected chi connectivity index (χ3v) is 2.38. The number of allylic oxidation sites excluding steroid dienone is 2. The molecule has 0 aromatic carbocycles. The van der Waals surface area contributed by atoms with Gasteiger partial charge in [0.25, 0.3) is 0 Å². The first-order chi connectivity index (χ1) is 6.22. The molecule has 0 atom stereocenters. The number of rotatable bonds is 7. The molecule has 0 bridgehead atoms. The van der Waals surface area contributed by atoms with Crippen LogP contribution in [0.1, 0.15) is 65.7 Å². The van der Waals surface area contributed by atoms with Crippen LogP contribution in [0, 0.1) is 0 Å². The van der Waals surface area contributed by atoms with Gasteiger partial charge in [0, 0.05) is 6.42 Å². The van der Waals surface area contributed by atoms with Crippen molar-refractivity contribution in [1.82, 2.24) is 0 Å². The summed E-state index contributed by atoms with van der Waals surface area (Å²) in [5, 5.41) is 9.63. The fraction of sp³-hybridized carbons (Fsp3) is 0.833. The Morgan fingerprint density at radius 1 is 0.923 bits per heavy atom. The molecule has 1 nitrogen and oxygen atoms in total. The van der Waals surface area contributed by atoms with Crippen LogP contribution >= 0.6 is 0 Å². The van der Waals surface area contributed by atoms with E-state index in [1.165, 1.54) is 24.8 Å². The van der Waals surface area contributed by atoms with Crippen molar-refractivity contribution in [3.05, 3.63) is 11.3 Å². The van der Waals surface area contributed by atoms with Crippen molar-refractivity contribution in [3.63, 3.8) is 0 Å². The highest BCUT2D eigenvalue weighted by molar-refractivity contribution is 5.03. The molecule has 1 N–H and O–H groups in total. The number of hydrogen-bond acceptors (Lipinski definition) is 1. The van der Waals surface area contributed by atoms with E-state index in [-0.39, 0.29) is 0 Å². The second-order valence-corrected chi connectivity index (χ2v) is 3.79. The van der Waals surface area contributed by atoms with Crippen molar-refractivity contribution in [2.75, 3.05) is 0 Å². The first-order valence-corrected chi connectivity index (χ1v) is 5.59. The first-order valence-electron chi connectivity index (χ1n) is 5.59. The lowest BCUT2D eigenvalue weighted by atomic mass is 10.1. The summed E-state index contributed by atoms with van der Waals surface area (Å²) >= 11 is 0. The minimum atomic E-state index is 0.637. The van der Waals surface area contributed by atoms with Gasteiger partial charge in [0.15, 0.2) is 0 Å². The Morgan fingerprint density at radius 2 is 1.62 bits per heavy atom. The van der Waals surface area contributed by atoms with E-state index >= 15 is 0 Å². The summed E-state index contributed by atoms with van der Waals surface area (Å²) in [5.74, 6) is 0.637. The Balaban J connectivity index is 3.58. The summed E-state index contributed by atoms with van der Waals surface area (Å²) in [4.78, 5) is 0. The van der Waals surface area contributed by atoms with Crippen LogP contribution in [-0.2, 0) is 0 Å². The number of hydrogen-bond donors (Lipinski definition) is 1. The highest BCUT2D eigenvalue weighted by Crippen LogP contribution is 2.14. The van der Waals surface area contributed by atoms with Crippen LogP contribution in [0.3, 0.4) is 0 Å². The Kier molecular flexibility index (Phi) is 7.86. The largest absolute Gasteiger partial charge is 0.512 e. The molecule has 0 unspecified atom stereocenters. The molecule has 1 heteroatoms. The lowest BCUT2D eigenvalue weighted by molar-refractivity contribution is 0.371. The predicted octanol–water partition coefficient (Wildman–Crippen LogP) is 4.59. The van der Waals surface area contributed by atoms with Crippen LogP contribution in [0.4, 0.5) is 0 Å². The number of aliphatic hydroxyl groups is 1. The third-order valence-electron chi connectivity index (χ3n) is 2.38. The van der Waals surface area contributed by atoms with Crippen molar-refractivity contribution >= 4 is 0 Å². The van der Waals surface area contributed by atoms with Crippen LogP contribution in [0.15, 0.2) is 11.3 Å². The third kappa shape index (κ3) is 6.68. The molecular formula is C12H24O. The van der Waals surface area contributed by atoms with E-state index in [1.807, 2.05) is 6.92 Å². The molecule has 0 amide bonds.